The summed E-state index contributed by atoms with van der Waals surface area (Å²) in [7, 11) is 3.54. The average molecular weight is 367 g/mol. The van der Waals surface area contributed by atoms with Gasteiger partial charge in [0.1, 0.15) is 0 Å². The zero-order valence-electron chi connectivity index (χ0n) is 16.2. The minimum absolute atomic E-state index is 0.0593. The van der Waals surface area contributed by atoms with Crippen LogP contribution in [0.15, 0.2) is 54.6 Å². The van der Waals surface area contributed by atoms with Crippen LogP contribution < -0.4 is 5.32 Å². The van der Waals surface area contributed by atoms with E-state index in [1.165, 1.54) is 5.56 Å². The summed E-state index contributed by atoms with van der Waals surface area (Å²) in [5.74, 6) is 0.522. The van der Waals surface area contributed by atoms with Gasteiger partial charge in [0, 0.05) is 39.5 Å². The van der Waals surface area contributed by atoms with Gasteiger partial charge in [-0.05, 0) is 42.1 Å². The van der Waals surface area contributed by atoms with Gasteiger partial charge in [0.05, 0.1) is 6.61 Å². The molecule has 1 aliphatic heterocycles. The Labute approximate surface area is 161 Å². The van der Waals surface area contributed by atoms with E-state index in [1.807, 2.05) is 31.3 Å². The van der Waals surface area contributed by atoms with E-state index in [0.717, 1.165) is 43.9 Å². The molecule has 0 aromatic heterocycles. The van der Waals surface area contributed by atoms with Crippen LogP contribution >= 0.6 is 0 Å². The summed E-state index contributed by atoms with van der Waals surface area (Å²) in [4.78, 5) is 16.7. The SMILES string of the molecule is COCc1ccc(NC(=O)N(C)CC2CCN(Cc3ccccc3)C2)cc1. The third-order valence-corrected chi connectivity index (χ3v) is 5.01. The Hall–Kier alpha value is -2.37. The van der Waals surface area contributed by atoms with Gasteiger partial charge in [0.2, 0.25) is 0 Å². The Morgan fingerprint density at radius 1 is 1.15 bits per heavy atom. The molecule has 0 spiro atoms. The van der Waals surface area contributed by atoms with Crippen LogP contribution in [0.1, 0.15) is 17.5 Å². The van der Waals surface area contributed by atoms with Gasteiger partial charge in [-0.25, -0.2) is 4.79 Å². The minimum Gasteiger partial charge on any atom is -0.380 e. The molecule has 1 saturated heterocycles. The Morgan fingerprint density at radius 3 is 2.59 bits per heavy atom. The number of amides is 2. The maximum absolute atomic E-state index is 12.5. The van der Waals surface area contributed by atoms with Gasteiger partial charge in [-0.3, -0.25) is 4.90 Å². The second kappa shape index (κ2) is 9.53. The third-order valence-electron chi connectivity index (χ3n) is 5.01. The van der Waals surface area contributed by atoms with E-state index in [-0.39, 0.29) is 6.03 Å². The molecule has 1 aliphatic rings. The number of nitrogens with zero attached hydrogens (tertiary/aromatic N) is 2. The highest BCUT2D eigenvalue weighted by atomic mass is 16.5. The molecule has 0 radical (unpaired) electrons. The van der Waals surface area contributed by atoms with E-state index in [1.54, 1.807) is 12.0 Å². The van der Waals surface area contributed by atoms with Crippen molar-refractivity contribution < 1.29 is 9.53 Å². The van der Waals surface area contributed by atoms with Crippen molar-refractivity contribution >= 4 is 11.7 Å². The molecule has 0 bridgehead atoms. The molecule has 2 amide bonds. The molecule has 5 nitrogen and oxygen atoms in total. The predicted molar refractivity (Wildman–Crippen MR) is 109 cm³/mol. The van der Waals surface area contributed by atoms with Crippen molar-refractivity contribution in [3.63, 3.8) is 0 Å². The first-order valence-corrected chi connectivity index (χ1v) is 9.50. The molecular weight excluding hydrogens is 338 g/mol. The maximum Gasteiger partial charge on any atom is 0.321 e. The molecule has 2 aromatic rings. The lowest BCUT2D eigenvalue weighted by molar-refractivity contribution is 0.185. The van der Waals surface area contributed by atoms with Gasteiger partial charge in [-0.1, -0.05) is 42.5 Å². The molecule has 1 unspecified atom stereocenters. The van der Waals surface area contributed by atoms with Gasteiger partial charge in [-0.15, -0.1) is 0 Å². The maximum atomic E-state index is 12.5. The molecule has 0 aliphatic carbocycles. The summed E-state index contributed by atoms with van der Waals surface area (Å²) in [6, 6.07) is 18.3. The van der Waals surface area contributed by atoms with E-state index in [9.17, 15) is 4.79 Å². The molecule has 2 aromatic carbocycles. The summed E-state index contributed by atoms with van der Waals surface area (Å²) in [6.07, 6.45) is 1.14. The highest BCUT2D eigenvalue weighted by Crippen LogP contribution is 2.20. The molecule has 144 valence electrons. The number of hydrogen-bond donors (Lipinski definition) is 1. The Morgan fingerprint density at radius 2 is 1.89 bits per heavy atom. The van der Waals surface area contributed by atoms with Crippen molar-refractivity contribution in [1.29, 1.82) is 0 Å². The van der Waals surface area contributed by atoms with Crippen molar-refractivity contribution in [3.8, 4) is 0 Å². The number of carbonyl (C=O) groups excluding carboxylic acids is 1. The molecule has 0 saturated carbocycles. The largest absolute Gasteiger partial charge is 0.380 e. The summed E-state index contributed by atoms with van der Waals surface area (Å²) < 4.78 is 5.11. The quantitative estimate of drug-likeness (QED) is 0.809. The molecule has 1 fully saturated rings. The van der Waals surface area contributed by atoms with E-state index in [0.29, 0.717) is 12.5 Å². The average Bonchev–Trinajstić information content (AvgIpc) is 3.11. The summed E-state index contributed by atoms with van der Waals surface area (Å²) >= 11 is 0. The minimum atomic E-state index is -0.0593. The Bertz CT molecular complexity index is 718. The van der Waals surface area contributed by atoms with Crippen molar-refractivity contribution in [2.45, 2.75) is 19.6 Å². The number of likely N-dealkylation sites (tertiary alicyclic amines) is 1. The van der Waals surface area contributed by atoms with Crippen molar-refractivity contribution in [2.75, 3.05) is 39.1 Å². The van der Waals surface area contributed by atoms with Crippen LogP contribution in [-0.2, 0) is 17.9 Å². The second-order valence-corrected chi connectivity index (χ2v) is 7.32. The summed E-state index contributed by atoms with van der Waals surface area (Å²) in [6.45, 7) is 4.48. The first kappa shape index (κ1) is 19.4. The fourth-order valence-corrected chi connectivity index (χ4v) is 3.59. The second-order valence-electron chi connectivity index (χ2n) is 7.32. The van der Waals surface area contributed by atoms with Crippen molar-refractivity contribution in [3.05, 3.63) is 65.7 Å². The number of benzene rings is 2. The van der Waals surface area contributed by atoms with Gasteiger partial charge in [0.25, 0.3) is 0 Å². The number of nitrogens with one attached hydrogen (secondary N) is 1. The van der Waals surface area contributed by atoms with E-state index in [2.05, 4.69) is 40.5 Å². The Kier molecular flexibility index (Phi) is 6.85. The number of methoxy groups -OCH3 is 1. The van der Waals surface area contributed by atoms with Crippen LogP contribution in [0.25, 0.3) is 0 Å². The number of ether oxygens (including phenoxy) is 1. The number of anilines is 1. The van der Waals surface area contributed by atoms with Crippen LogP contribution in [0.5, 0.6) is 0 Å². The van der Waals surface area contributed by atoms with Crippen LogP contribution in [0.3, 0.4) is 0 Å². The normalized spacial score (nSPS) is 17.0. The predicted octanol–water partition coefficient (Wildman–Crippen LogP) is 3.82. The standard InChI is InChI=1S/C22H29N3O2/c1-24(22(26)23-21-10-8-19(9-11-21)17-27-2)14-20-12-13-25(16-20)15-18-6-4-3-5-7-18/h3-11,20H,12-17H2,1-2H3,(H,23,26). The molecule has 1 atom stereocenters. The van der Waals surface area contributed by atoms with Gasteiger partial charge in [0.15, 0.2) is 0 Å². The lowest BCUT2D eigenvalue weighted by Crippen LogP contribution is -2.36. The smallest absolute Gasteiger partial charge is 0.321 e. The zero-order valence-corrected chi connectivity index (χ0v) is 16.2. The first-order valence-electron chi connectivity index (χ1n) is 9.50. The molecular formula is C22H29N3O2. The first-order chi connectivity index (χ1) is 13.1. The van der Waals surface area contributed by atoms with E-state index < -0.39 is 0 Å². The van der Waals surface area contributed by atoms with Gasteiger partial charge >= 0.3 is 6.03 Å². The van der Waals surface area contributed by atoms with Crippen LogP contribution in [-0.4, -0.2) is 49.6 Å². The van der Waals surface area contributed by atoms with E-state index >= 15 is 0 Å². The highest BCUT2D eigenvalue weighted by Gasteiger charge is 2.24. The lowest BCUT2D eigenvalue weighted by atomic mass is 10.1. The van der Waals surface area contributed by atoms with E-state index in [4.69, 9.17) is 4.74 Å². The summed E-state index contributed by atoms with van der Waals surface area (Å²) in [5, 5.41) is 2.97. The number of urea groups is 1. The zero-order chi connectivity index (χ0) is 19.1. The molecule has 1 N–H and O–H groups in total. The fourth-order valence-electron chi connectivity index (χ4n) is 3.59. The monoisotopic (exact) mass is 367 g/mol. The molecule has 5 heteroatoms. The summed E-state index contributed by atoms with van der Waals surface area (Å²) in [5.41, 5.74) is 3.25. The van der Waals surface area contributed by atoms with Gasteiger partial charge in [-0.2, -0.15) is 0 Å². The van der Waals surface area contributed by atoms with Crippen LogP contribution in [0.2, 0.25) is 0 Å². The highest BCUT2D eigenvalue weighted by molar-refractivity contribution is 5.89. The van der Waals surface area contributed by atoms with Crippen molar-refractivity contribution in [2.24, 2.45) is 5.92 Å². The number of carbonyl (C=O) groups is 1. The van der Waals surface area contributed by atoms with Crippen molar-refractivity contribution in [1.82, 2.24) is 9.80 Å². The van der Waals surface area contributed by atoms with Crippen LogP contribution in [0.4, 0.5) is 10.5 Å². The lowest BCUT2D eigenvalue weighted by Gasteiger charge is -2.22. The third kappa shape index (κ3) is 5.81. The fraction of sp³-hybridized carbons (Fsp3) is 0.409. The number of hydrogen-bond acceptors (Lipinski definition) is 3. The van der Waals surface area contributed by atoms with Gasteiger partial charge < -0.3 is 15.0 Å². The van der Waals surface area contributed by atoms with Crippen LogP contribution in [0, 0.1) is 5.92 Å². The number of rotatable bonds is 7. The molecule has 3 rings (SSSR count). The molecule has 1 heterocycles. The topological polar surface area (TPSA) is 44.8 Å². The molecule has 27 heavy (non-hydrogen) atoms. The Balaban J connectivity index is 1.44.